The van der Waals surface area contributed by atoms with Gasteiger partial charge in [-0.25, -0.2) is 4.98 Å². The Labute approximate surface area is 110 Å². The van der Waals surface area contributed by atoms with Crippen molar-refractivity contribution < 1.29 is 4.79 Å². The van der Waals surface area contributed by atoms with Gasteiger partial charge in [0.2, 0.25) is 0 Å². The van der Waals surface area contributed by atoms with E-state index in [0.717, 1.165) is 0 Å². The SMILES string of the molecule is CN(C(=O)c1ccc(Cl)cc1)c1ncccc1N. The molecule has 2 rings (SSSR count). The summed E-state index contributed by atoms with van der Waals surface area (Å²) >= 11 is 5.78. The Morgan fingerprint density at radius 2 is 1.94 bits per heavy atom. The number of anilines is 2. The minimum Gasteiger partial charge on any atom is -0.396 e. The Balaban J connectivity index is 2.29. The molecule has 0 saturated carbocycles. The van der Waals surface area contributed by atoms with Crippen molar-refractivity contribution in [1.29, 1.82) is 0 Å². The van der Waals surface area contributed by atoms with Gasteiger partial charge in [0.25, 0.3) is 5.91 Å². The normalized spacial score (nSPS) is 10.1. The lowest BCUT2D eigenvalue weighted by Crippen LogP contribution is -2.27. The van der Waals surface area contributed by atoms with Gasteiger partial charge in [0.1, 0.15) is 0 Å². The Bertz CT molecular complexity index is 569. The van der Waals surface area contributed by atoms with Crippen LogP contribution in [-0.2, 0) is 0 Å². The van der Waals surface area contributed by atoms with Crippen molar-refractivity contribution in [3.05, 3.63) is 53.2 Å². The fourth-order valence-corrected chi connectivity index (χ4v) is 1.70. The summed E-state index contributed by atoms with van der Waals surface area (Å²) in [6.07, 6.45) is 1.59. The third-order valence-electron chi connectivity index (χ3n) is 2.53. The molecule has 4 nitrogen and oxygen atoms in total. The first kappa shape index (κ1) is 12.4. The van der Waals surface area contributed by atoms with Crippen molar-refractivity contribution in [2.45, 2.75) is 0 Å². The van der Waals surface area contributed by atoms with Crippen molar-refractivity contribution >= 4 is 29.0 Å². The quantitative estimate of drug-likeness (QED) is 0.904. The highest BCUT2D eigenvalue weighted by Gasteiger charge is 2.16. The summed E-state index contributed by atoms with van der Waals surface area (Å²) in [5.41, 5.74) is 6.78. The molecule has 0 aliphatic carbocycles. The maximum absolute atomic E-state index is 12.2. The molecule has 0 aliphatic heterocycles. The van der Waals surface area contributed by atoms with E-state index in [-0.39, 0.29) is 5.91 Å². The van der Waals surface area contributed by atoms with Crippen LogP contribution in [0.5, 0.6) is 0 Å². The molecule has 0 atom stereocenters. The molecule has 0 fully saturated rings. The van der Waals surface area contributed by atoms with E-state index in [4.69, 9.17) is 17.3 Å². The Kier molecular flexibility index (Phi) is 3.48. The van der Waals surface area contributed by atoms with Crippen LogP contribution in [0.2, 0.25) is 5.02 Å². The molecule has 0 saturated heterocycles. The summed E-state index contributed by atoms with van der Waals surface area (Å²) in [5.74, 6) is 0.259. The molecular weight excluding hydrogens is 250 g/mol. The molecule has 92 valence electrons. The number of pyridine rings is 1. The minimum atomic E-state index is -0.183. The molecular formula is C13H12ClN3O. The number of rotatable bonds is 2. The largest absolute Gasteiger partial charge is 0.396 e. The highest BCUT2D eigenvalue weighted by molar-refractivity contribution is 6.30. The Hall–Kier alpha value is -2.07. The second-order valence-electron chi connectivity index (χ2n) is 3.79. The summed E-state index contributed by atoms with van der Waals surface area (Å²) < 4.78 is 0. The number of aromatic nitrogens is 1. The first-order valence-electron chi connectivity index (χ1n) is 5.33. The number of hydrogen-bond donors (Lipinski definition) is 1. The van der Waals surface area contributed by atoms with Crippen molar-refractivity contribution in [3.63, 3.8) is 0 Å². The molecule has 2 aromatic rings. The summed E-state index contributed by atoms with van der Waals surface area (Å²) in [7, 11) is 1.63. The number of halogens is 1. The Morgan fingerprint density at radius 1 is 1.28 bits per heavy atom. The van der Waals surface area contributed by atoms with E-state index < -0.39 is 0 Å². The predicted molar refractivity (Wildman–Crippen MR) is 72.8 cm³/mol. The van der Waals surface area contributed by atoms with Crippen LogP contribution < -0.4 is 10.6 Å². The second kappa shape index (κ2) is 5.06. The number of benzene rings is 1. The standard InChI is InChI=1S/C13H12ClN3O/c1-17(12-11(15)3-2-8-16-12)13(18)9-4-6-10(14)7-5-9/h2-8H,15H2,1H3. The second-order valence-corrected chi connectivity index (χ2v) is 4.22. The Morgan fingerprint density at radius 3 is 2.56 bits per heavy atom. The van der Waals surface area contributed by atoms with Gasteiger partial charge < -0.3 is 5.73 Å². The van der Waals surface area contributed by atoms with Gasteiger partial charge in [-0.15, -0.1) is 0 Å². The number of nitrogen functional groups attached to an aromatic ring is 1. The monoisotopic (exact) mass is 261 g/mol. The van der Waals surface area contributed by atoms with Crippen molar-refractivity contribution in [3.8, 4) is 0 Å². The smallest absolute Gasteiger partial charge is 0.259 e. The number of hydrogen-bond acceptors (Lipinski definition) is 3. The highest BCUT2D eigenvalue weighted by atomic mass is 35.5. The molecule has 1 aromatic heterocycles. The zero-order valence-corrected chi connectivity index (χ0v) is 10.6. The van der Waals surface area contributed by atoms with Crippen LogP contribution in [0.15, 0.2) is 42.6 Å². The van der Waals surface area contributed by atoms with E-state index >= 15 is 0 Å². The molecule has 0 radical (unpaired) electrons. The van der Waals surface area contributed by atoms with Gasteiger partial charge in [0.15, 0.2) is 5.82 Å². The zero-order chi connectivity index (χ0) is 13.1. The number of amides is 1. The van der Waals surface area contributed by atoms with Gasteiger partial charge in [-0.05, 0) is 36.4 Å². The molecule has 5 heteroatoms. The molecule has 18 heavy (non-hydrogen) atoms. The molecule has 1 aromatic carbocycles. The minimum absolute atomic E-state index is 0.183. The van der Waals surface area contributed by atoms with Crippen molar-refractivity contribution in [2.24, 2.45) is 0 Å². The van der Waals surface area contributed by atoms with Gasteiger partial charge in [-0.2, -0.15) is 0 Å². The third kappa shape index (κ3) is 2.43. The lowest BCUT2D eigenvalue weighted by atomic mass is 10.2. The number of carbonyl (C=O) groups excluding carboxylic acids is 1. The number of carbonyl (C=O) groups is 1. The maximum atomic E-state index is 12.2. The van der Waals surface area contributed by atoms with Crippen molar-refractivity contribution in [1.82, 2.24) is 4.98 Å². The van der Waals surface area contributed by atoms with Gasteiger partial charge in [-0.3, -0.25) is 9.69 Å². The average Bonchev–Trinajstić information content (AvgIpc) is 2.38. The van der Waals surface area contributed by atoms with Crippen LogP contribution in [0.3, 0.4) is 0 Å². The van der Waals surface area contributed by atoms with E-state index in [1.807, 2.05) is 0 Å². The van der Waals surface area contributed by atoms with E-state index in [1.165, 1.54) is 4.90 Å². The number of nitrogens with zero attached hydrogens (tertiary/aromatic N) is 2. The summed E-state index contributed by atoms with van der Waals surface area (Å²) in [6, 6.07) is 10.1. The van der Waals surface area contributed by atoms with Crippen molar-refractivity contribution in [2.75, 3.05) is 17.7 Å². The fraction of sp³-hybridized carbons (Fsp3) is 0.0769. The van der Waals surface area contributed by atoms with E-state index in [0.29, 0.717) is 22.1 Å². The van der Waals surface area contributed by atoms with Crippen LogP contribution in [0, 0.1) is 0 Å². The van der Waals surface area contributed by atoms with E-state index in [2.05, 4.69) is 4.98 Å². The fourth-order valence-electron chi connectivity index (χ4n) is 1.57. The van der Waals surface area contributed by atoms with Crippen LogP contribution in [0.1, 0.15) is 10.4 Å². The molecule has 2 N–H and O–H groups in total. The lowest BCUT2D eigenvalue weighted by molar-refractivity contribution is 0.0992. The summed E-state index contributed by atoms with van der Waals surface area (Å²) in [4.78, 5) is 17.7. The molecule has 0 bridgehead atoms. The van der Waals surface area contributed by atoms with Crippen LogP contribution in [0.4, 0.5) is 11.5 Å². The summed E-state index contributed by atoms with van der Waals surface area (Å²) in [5, 5.41) is 0.589. The van der Waals surface area contributed by atoms with Crippen LogP contribution in [-0.4, -0.2) is 17.9 Å². The van der Waals surface area contributed by atoms with E-state index in [9.17, 15) is 4.79 Å². The van der Waals surface area contributed by atoms with Crippen LogP contribution >= 0.6 is 11.6 Å². The van der Waals surface area contributed by atoms with Crippen LogP contribution in [0.25, 0.3) is 0 Å². The zero-order valence-electron chi connectivity index (χ0n) is 9.80. The van der Waals surface area contributed by atoms with Gasteiger partial charge >= 0.3 is 0 Å². The van der Waals surface area contributed by atoms with E-state index in [1.54, 1.807) is 49.6 Å². The molecule has 0 aliphatic rings. The number of nitrogens with two attached hydrogens (primary N) is 1. The van der Waals surface area contributed by atoms with Gasteiger partial charge in [0, 0.05) is 23.8 Å². The predicted octanol–water partition coefficient (Wildman–Crippen LogP) is 2.59. The average molecular weight is 262 g/mol. The lowest BCUT2D eigenvalue weighted by Gasteiger charge is -2.17. The first-order chi connectivity index (χ1) is 8.59. The molecule has 1 heterocycles. The first-order valence-corrected chi connectivity index (χ1v) is 5.71. The molecule has 0 spiro atoms. The third-order valence-corrected chi connectivity index (χ3v) is 2.78. The van der Waals surface area contributed by atoms with Gasteiger partial charge in [0.05, 0.1) is 5.69 Å². The van der Waals surface area contributed by atoms with Gasteiger partial charge in [-0.1, -0.05) is 11.6 Å². The highest BCUT2D eigenvalue weighted by Crippen LogP contribution is 2.20. The molecule has 0 unspecified atom stereocenters. The topological polar surface area (TPSA) is 59.2 Å². The summed E-state index contributed by atoms with van der Waals surface area (Å²) in [6.45, 7) is 0. The molecule has 1 amide bonds. The maximum Gasteiger partial charge on any atom is 0.259 e.